The van der Waals surface area contributed by atoms with E-state index in [1.807, 2.05) is 0 Å². The number of nitrogens with two attached hydrogens (primary N) is 1. The van der Waals surface area contributed by atoms with Crippen molar-refractivity contribution in [3.8, 4) is 0 Å². The highest BCUT2D eigenvalue weighted by Gasteiger charge is 2.38. The number of nitrogens with one attached hydrogen (secondary N) is 1. The fraction of sp³-hybridized carbons (Fsp3) is 0.938. The standard InChI is InChI=1S/C16H32N4/c1-2-11-18-15(17)19-14-16(9-5-3-6-10-16)20-12-7-4-8-13-20/h2-14H2,1H3,(H3,17,18,19). The predicted octanol–water partition coefficient (Wildman–Crippen LogP) is 2.49. The summed E-state index contributed by atoms with van der Waals surface area (Å²) >= 11 is 0. The van der Waals surface area contributed by atoms with Crippen molar-refractivity contribution >= 4 is 5.96 Å². The van der Waals surface area contributed by atoms with E-state index in [-0.39, 0.29) is 0 Å². The molecule has 1 saturated carbocycles. The van der Waals surface area contributed by atoms with Gasteiger partial charge in [0.1, 0.15) is 0 Å². The van der Waals surface area contributed by atoms with E-state index in [9.17, 15) is 0 Å². The lowest BCUT2D eigenvalue weighted by atomic mass is 9.79. The first-order valence-corrected chi connectivity index (χ1v) is 8.56. The van der Waals surface area contributed by atoms with Crippen LogP contribution in [0.4, 0.5) is 0 Å². The highest BCUT2D eigenvalue weighted by Crippen LogP contribution is 2.35. The van der Waals surface area contributed by atoms with Crippen molar-refractivity contribution in [1.82, 2.24) is 10.2 Å². The molecule has 2 fully saturated rings. The summed E-state index contributed by atoms with van der Waals surface area (Å²) in [5.41, 5.74) is 6.29. The molecule has 1 aliphatic heterocycles. The Morgan fingerprint density at radius 2 is 1.75 bits per heavy atom. The quantitative estimate of drug-likeness (QED) is 0.601. The SMILES string of the molecule is CCCNC(N)=NCC1(N2CCCCC2)CCCCC1. The zero-order chi connectivity index (χ0) is 14.3. The smallest absolute Gasteiger partial charge is 0.188 e. The van der Waals surface area contributed by atoms with Crippen LogP contribution in [-0.4, -0.2) is 42.6 Å². The highest BCUT2D eigenvalue weighted by molar-refractivity contribution is 5.77. The van der Waals surface area contributed by atoms with E-state index in [0.717, 1.165) is 19.5 Å². The van der Waals surface area contributed by atoms with Gasteiger partial charge in [-0.15, -0.1) is 0 Å². The summed E-state index contributed by atoms with van der Waals surface area (Å²) < 4.78 is 0. The lowest BCUT2D eigenvalue weighted by Crippen LogP contribution is -2.54. The lowest BCUT2D eigenvalue weighted by Gasteiger charge is -2.47. The van der Waals surface area contributed by atoms with E-state index in [2.05, 4.69) is 22.1 Å². The van der Waals surface area contributed by atoms with Crippen LogP contribution in [0.3, 0.4) is 0 Å². The number of guanidine groups is 1. The van der Waals surface area contributed by atoms with Gasteiger partial charge in [-0.05, 0) is 45.2 Å². The first kappa shape index (κ1) is 15.6. The van der Waals surface area contributed by atoms with Gasteiger partial charge in [0.05, 0.1) is 6.54 Å². The normalized spacial score (nSPS) is 24.6. The van der Waals surface area contributed by atoms with Gasteiger partial charge in [-0.1, -0.05) is 32.6 Å². The third kappa shape index (κ3) is 4.11. The number of likely N-dealkylation sites (tertiary alicyclic amines) is 1. The molecule has 0 radical (unpaired) electrons. The lowest BCUT2D eigenvalue weighted by molar-refractivity contribution is 0.0407. The average Bonchev–Trinajstić information content (AvgIpc) is 2.52. The number of nitrogens with zero attached hydrogens (tertiary/aromatic N) is 2. The average molecular weight is 280 g/mol. The molecule has 0 aromatic rings. The van der Waals surface area contributed by atoms with E-state index in [4.69, 9.17) is 5.73 Å². The summed E-state index contributed by atoms with van der Waals surface area (Å²) in [4.78, 5) is 7.40. The molecule has 1 saturated heterocycles. The number of piperidine rings is 1. The Labute approximate surface area is 124 Å². The van der Waals surface area contributed by atoms with Crippen molar-refractivity contribution in [3.63, 3.8) is 0 Å². The van der Waals surface area contributed by atoms with Gasteiger partial charge in [0.2, 0.25) is 0 Å². The zero-order valence-corrected chi connectivity index (χ0v) is 13.2. The van der Waals surface area contributed by atoms with E-state index < -0.39 is 0 Å². The van der Waals surface area contributed by atoms with Crippen LogP contribution in [0, 0.1) is 0 Å². The zero-order valence-electron chi connectivity index (χ0n) is 13.2. The first-order chi connectivity index (χ1) is 9.77. The molecule has 2 rings (SSSR count). The summed E-state index contributed by atoms with van der Waals surface area (Å²) in [6, 6.07) is 0. The molecule has 0 unspecified atom stereocenters. The molecule has 4 heteroatoms. The van der Waals surface area contributed by atoms with E-state index in [0.29, 0.717) is 11.5 Å². The largest absolute Gasteiger partial charge is 0.370 e. The van der Waals surface area contributed by atoms with E-state index >= 15 is 0 Å². The Bertz CT molecular complexity index is 302. The minimum Gasteiger partial charge on any atom is -0.370 e. The van der Waals surface area contributed by atoms with Gasteiger partial charge in [0, 0.05) is 12.1 Å². The van der Waals surface area contributed by atoms with Gasteiger partial charge in [0.15, 0.2) is 5.96 Å². The first-order valence-electron chi connectivity index (χ1n) is 8.56. The molecule has 0 spiro atoms. The molecule has 0 aromatic carbocycles. The van der Waals surface area contributed by atoms with Crippen LogP contribution in [0.1, 0.15) is 64.7 Å². The molecule has 116 valence electrons. The number of rotatable bonds is 5. The van der Waals surface area contributed by atoms with Crippen molar-refractivity contribution in [2.24, 2.45) is 10.7 Å². The van der Waals surface area contributed by atoms with E-state index in [1.165, 1.54) is 64.5 Å². The Kier molecular flexibility index (Phi) is 6.14. The molecular formula is C16H32N4. The van der Waals surface area contributed by atoms with Crippen LogP contribution in [0.25, 0.3) is 0 Å². The Morgan fingerprint density at radius 3 is 2.40 bits per heavy atom. The monoisotopic (exact) mass is 280 g/mol. The molecule has 0 bridgehead atoms. The van der Waals surface area contributed by atoms with E-state index in [1.54, 1.807) is 0 Å². The van der Waals surface area contributed by atoms with Gasteiger partial charge in [0.25, 0.3) is 0 Å². The van der Waals surface area contributed by atoms with Crippen LogP contribution < -0.4 is 11.1 Å². The third-order valence-electron chi connectivity index (χ3n) is 4.91. The Hall–Kier alpha value is -0.770. The second-order valence-corrected chi connectivity index (χ2v) is 6.46. The molecular weight excluding hydrogens is 248 g/mol. The maximum atomic E-state index is 5.99. The number of aliphatic imine (C=N–C) groups is 1. The van der Waals surface area contributed by atoms with Crippen molar-refractivity contribution < 1.29 is 0 Å². The van der Waals surface area contributed by atoms with Crippen LogP contribution in [0.15, 0.2) is 4.99 Å². The van der Waals surface area contributed by atoms with Crippen molar-refractivity contribution in [2.45, 2.75) is 70.3 Å². The topological polar surface area (TPSA) is 53.6 Å². The molecule has 0 amide bonds. The molecule has 2 aliphatic rings. The molecule has 0 atom stereocenters. The summed E-state index contributed by atoms with van der Waals surface area (Å²) in [5, 5.41) is 3.20. The summed E-state index contributed by atoms with van der Waals surface area (Å²) in [6.45, 7) is 6.48. The van der Waals surface area contributed by atoms with Gasteiger partial charge in [-0.25, -0.2) is 0 Å². The predicted molar refractivity (Wildman–Crippen MR) is 86.0 cm³/mol. The summed E-state index contributed by atoms with van der Waals surface area (Å²) in [5.74, 6) is 0.633. The molecule has 1 aliphatic carbocycles. The van der Waals surface area contributed by atoms with Gasteiger partial charge in [-0.2, -0.15) is 0 Å². The van der Waals surface area contributed by atoms with Gasteiger partial charge >= 0.3 is 0 Å². The van der Waals surface area contributed by atoms with Gasteiger partial charge in [-0.3, -0.25) is 9.89 Å². The van der Waals surface area contributed by atoms with Crippen LogP contribution >= 0.6 is 0 Å². The fourth-order valence-electron chi connectivity index (χ4n) is 3.69. The second kappa shape index (κ2) is 7.87. The van der Waals surface area contributed by atoms with Crippen LogP contribution in [-0.2, 0) is 0 Å². The van der Waals surface area contributed by atoms with Gasteiger partial charge < -0.3 is 11.1 Å². The summed E-state index contributed by atoms with van der Waals surface area (Å²) in [6.07, 6.45) is 11.9. The Balaban J connectivity index is 1.98. The van der Waals surface area contributed by atoms with Crippen molar-refractivity contribution in [2.75, 3.05) is 26.2 Å². The van der Waals surface area contributed by atoms with Crippen LogP contribution in [0.2, 0.25) is 0 Å². The molecule has 1 heterocycles. The second-order valence-electron chi connectivity index (χ2n) is 6.46. The molecule has 4 nitrogen and oxygen atoms in total. The fourth-order valence-corrected chi connectivity index (χ4v) is 3.69. The van der Waals surface area contributed by atoms with Crippen molar-refractivity contribution in [3.05, 3.63) is 0 Å². The third-order valence-corrected chi connectivity index (χ3v) is 4.91. The van der Waals surface area contributed by atoms with Crippen molar-refractivity contribution in [1.29, 1.82) is 0 Å². The number of hydrogen-bond acceptors (Lipinski definition) is 2. The summed E-state index contributed by atoms with van der Waals surface area (Å²) in [7, 11) is 0. The highest BCUT2D eigenvalue weighted by atomic mass is 15.2. The maximum Gasteiger partial charge on any atom is 0.188 e. The molecule has 0 aromatic heterocycles. The molecule has 3 N–H and O–H groups in total. The minimum atomic E-state index is 0.303. The molecule has 20 heavy (non-hydrogen) atoms. The Morgan fingerprint density at radius 1 is 1.10 bits per heavy atom. The maximum absolute atomic E-state index is 5.99. The number of hydrogen-bond donors (Lipinski definition) is 2. The van der Waals surface area contributed by atoms with Crippen LogP contribution in [0.5, 0.6) is 0 Å². The minimum absolute atomic E-state index is 0.303.